The molecule has 1 atom stereocenters. The molecule has 0 aliphatic rings. The van der Waals surface area contributed by atoms with Gasteiger partial charge in [0, 0.05) is 34.9 Å². The molecule has 0 spiro atoms. The molecule has 3 aromatic rings. The molecule has 0 saturated carbocycles. The highest BCUT2D eigenvalue weighted by Gasteiger charge is 2.17. The molecular weight excluding hydrogens is 362 g/mol. The summed E-state index contributed by atoms with van der Waals surface area (Å²) in [4.78, 5) is 10.7. The van der Waals surface area contributed by atoms with Gasteiger partial charge in [-0.1, -0.05) is 37.3 Å². The predicted molar refractivity (Wildman–Crippen MR) is 111 cm³/mol. The van der Waals surface area contributed by atoms with Crippen LogP contribution in [0.2, 0.25) is 0 Å². The molecule has 0 bridgehead atoms. The van der Waals surface area contributed by atoms with Gasteiger partial charge < -0.3 is 9.30 Å². The van der Waals surface area contributed by atoms with Crippen molar-refractivity contribution in [1.29, 1.82) is 0 Å². The van der Waals surface area contributed by atoms with Crippen molar-refractivity contribution in [2.24, 2.45) is 0 Å². The van der Waals surface area contributed by atoms with Gasteiger partial charge in [0.2, 0.25) is 0 Å². The lowest BCUT2D eigenvalue weighted by Gasteiger charge is -2.13. The molecule has 1 aromatic carbocycles. The lowest BCUT2D eigenvalue weighted by Crippen LogP contribution is -2.09. The van der Waals surface area contributed by atoms with Gasteiger partial charge in [-0.2, -0.15) is 11.8 Å². The smallest absolute Gasteiger partial charge is 0.119 e. The van der Waals surface area contributed by atoms with E-state index in [1.807, 2.05) is 24.2 Å². The standard InChI is InChI=1S/C20H25N3OS2/c1-14(25-4)10-17-20(16-8-6-5-7-9-16)21-13-23(17)11-18-15(2)22-19(26-18)12-24-3/h5-9,13-14H,10-12H2,1-4H3/t14-/m1/s1. The first-order valence-corrected chi connectivity index (χ1v) is 10.8. The van der Waals surface area contributed by atoms with E-state index in [0.717, 1.165) is 29.4 Å². The Hall–Kier alpha value is -1.63. The third-order valence-corrected chi connectivity index (χ3v) is 6.48. The predicted octanol–water partition coefficient (Wildman–Crippen LogP) is 4.80. The monoisotopic (exact) mass is 387 g/mol. The molecule has 0 fully saturated rings. The number of rotatable bonds is 8. The number of hydrogen-bond donors (Lipinski definition) is 0. The minimum atomic E-state index is 0.541. The Balaban J connectivity index is 1.95. The highest BCUT2D eigenvalue weighted by atomic mass is 32.2. The second kappa shape index (κ2) is 8.84. The maximum absolute atomic E-state index is 5.23. The second-order valence-electron chi connectivity index (χ2n) is 6.33. The summed E-state index contributed by atoms with van der Waals surface area (Å²) >= 11 is 3.62. The number of thioether (sulfide) groups is 1. The first-order chi connectivity index (χ1) is 12.6. The number of imidazole rings is 1. The zero-order valence-electron chi connectivity index (χ0n) is 15.7. The van der Waals surface area contributed by atoms with Crippen LogP contribution in [0.4, 0.5) is 0 Å². The number of benzene rings is 1. The Morgan fingerprint density at radius 1 is 1.27 bits per heavy atom. The van der Waals surface area contributed by atoms with E-state index in [-0.39, 0.29) is 0 Å². The topological polar surface area (TPSA) is 39.9 Å². The molecule has 6 heteroatoms. The molecule has 0 amide bonds. The lowest BCUT2D eigenvalue weighted by molar-refractivity contribution is 0.184. The van der Waals surface area contributed by atoms with E-state index >= 15 is 0 Å². The van der Waals surface area contributed by atoms with Crippen molar-refractivity contribution in [3.05, 3.63) is 57.9 Å². The zero-order chi connectivity index (χ0) is 18.5. The molecule has 0 saturated heterocycles. The van der Waals surface area contributed by atoms with Crippen molar-refractivity contribution in [3.63, 3.8) is 0 Å². The van der Waals surface area contributed by atoms with Gasteiger partial charge in [0.15, 0.2) is 0 Å². The summed E-state index contributed by atoms with van der Waals surface area (Å²) in [6, 6.07) is 10.5. The van der Waals surface area contributed by atoms with E-state index in [0.29, 0.717) is 11.9 Å². The SMILES string of the molecule is COCc1nc(C)c(Cn2cnc(-c3ccccc3)c2C[C@@H](C)SC)s1. The summed E-state index contributed by atoms with van der Waals surface area (Å²) in [7, 11) is 1.71. The van der Waals surface area contributed by atoms with Gasteiger partial charge in [0.25, 0.3) is 0 Å². The summed E-state index contributed by atoms with van der Waals surface area (Å²) in [6.45, 7) is 5.72. The van der Waals surface area contributed by atoms with E-state index in [2.05, 4.69) is 53.9 Å². The number of hydrogen-bond acceptors (Lipinski definition) is 5. The highest BCUT2D eigenvalue weighted by Crippen LogP contribution is 2.27. The normalized spacial score (nSPS) is 12.5. The van der Waals surface area contributed by atoms with E-state index < -0.39 is 0 Å². The van der Waals surface area contributed by atoms with Crippen LogP contribution in [0.3, 0.4) is 0 Å². The number of methoxy groups -OCH3 is 1. The van der Waals surface area contributed by atoms with Crippen LogP contribution in [0.15, 0.2) is 36.7 Å². The van der Waals surface area contributed by atoms with Crippen LogP contribution >= 0.6 is 23.1 Å². The lowest BCUT2D eigenvalue weighted by atomic mass is 10.1. The summed E-state index contributed by atoms with van der Waals surface area (Å²) in [5, 5.41) is 1.57. The third kappa shape index (κ3) is 4.37. The maximum atomic E-state index is 5.23. The summed E-state index contributed by atoms with van der Waals surface area (Å²) in [6.07, 6.45) is 5.13. The van der Waals surface area contributed by atoms with Crippen molar-refractivity contribution in [3.8, 4) is 11.3 Å². The summed E-state index contributed by atoms with van der Waals surface area (Å²) in [5.74, 6) is 0. The van der Waals surface area contributed by atoms with E-state index in [1.54, 1.807) is 18.4 Å². The highest BCUT2D eigenvalue weighted by molar-refractivity contribution is 7.99. The molecule has 0 unspecified atom stereocenters. The van der Waals surface area contributed by atoms with Crippen molar-refractivity contribution in [1.82, 2.24) is 14.5 Å². The molecule has 0 N–H and O–H groups in total. The van der Waals surface area contributed by atoms with Crippen LogP contribution in [0.1, 0.15) is 28.2 Å². The van der Waals surface area contributed by atoms with E-state index in [1.165, 1.54) is 16.1 Å². The molecule has 2 heterocycles. The van der Waals surface area contributed by atoms with Crippen molar-refractivity contribution in [2.75, 3.05) is 13.4 Å². The third-order valence-electron chi connectivity index (χ3n) is 4.40. The summed E-state index contributed by atoms with van der Waals surface area (Å²) in [5.41, 5.74) is 4.64. The van der Waals surface area contributed by atoms with Gasteiger partial charge in [-0.15, -0.1) is 11.3 Å². The van der Waals surface area contributed by atoms with Crippen molar-refractivity contribution in [2.45, 2.75) is 38.7 Å². The fourth-order valence-electron chi connectivity index (χ4n) is 2.93. The average Bonchev–Trinajstić information content (AvgIpc) is 3.20. The van der Waals surface area contributed by atoms with Gasteiger partial charge in [-0.25, -0.2) is 9.97 Å². The molecule has 26 heavy (non-hydrogen) atoms. The van der Waals surface area contributed by atoms with E-state index in [4.69, 9.17) is 9.72 Å². The first-order valence-electron chi connectivity index (χ1n) is 8.68. The zero-order valence-corrected chi connectivity index (χ0v) is 17.4. The van der Waals surface area contributed by atoms with Crippen LogP contribution < -0.4 is 0 Å². The minimum Gasteiger partial charge on any atom is -0.378 e. The van der Waals surface area contributed by atoms with Crippen LogP contribution in [0, 0.1) is 6.92 Å². The number of aromatic nitrogens is 3. The fraction of sp³-hybridized carbons (Fsp3) is 0.400. The molecule has 0 aliphatic heterocycles. The Bertz CT molecular complexity index is 842. The number of thiazole rings is 1. The Morgan fingerprint density at radius 2 is 2.04 bits per heavy atom. The molecule has 3 rings (SSSR count). The Morgan fingerprint density at radius 3 is 2.73 bits per heavy atom. The average molecular weight is 388 g/mol. The van der Waals surface area contributed by atoms with Gasteiger partial charge >= 0.3 is 0 Å². The van der Waals surface area contributed by atoms with Crippen molar-refractivity contribution < 1.29 is 4.74 Å². The number of ether oxygens (including phenoxy) is 1. The van der Waals surface area contributed by atoms with Crippen molar-refractivity contribution >= 4 is 23.1 Å². The molecule has 138 valence electrons. The molecule has 4 nitrogen and oxygen atoms in total. The van der Waals surface area contributed by atoms with Crippen LogP contribution in [0.5, 0.6) is 0 Å². The van der Waals surface area contributed by atoms with Gasteiger partial charge in [-0.3, -0.25) is 0 Å². The largest absolute Gasteiger partial charge is 0.378 e. The van der Waals surface area contributed by atoms with Gasteiger partial charge in [-0.05, 0) is 13.2 Å². The maximum Gasteiger partial charge on any atom is 0.119 e. The number of aryl methyl sites for hydroxylation is 1. The number of nitrogens with zero attached hydrogens (tertiary/aromatic N) is 3. The van der Waals surface area contributed by atoms with Gasteiger partial charge in [0.1, 0.15) is 5.01 Å². The Kier molecular flexibility index (Phi) is 6.51. The fourth-order valence-corrected chi connectivity index (χ4v) is 4.29. The first kappa shape index (κ1) is 19.1. The quantitative estimate of drug-likeness (QED) is 0.556. The molecular formula is C20H25N3OS2. The molecule has 2 aromatic heterocycles. The van der Waals surface area contributed by atoms with Gasteiger partial charge in [0.05, 0.1) is 30.9 Å². The molecule has 0 radical (unpaired) electrons. The van der Waals surface area contributed by atoms with Crippen LogP contribution in [-0.4, -0.2) is 33.2 Å². The van der Waals surface area contributed by atoms with Crippen LogP contribution in [-0.2, 0) is 24.3 Å². The summed E-state index contributed by atoms with van der Waals surface area (Å²) < 4.78 is 7.51. The van der Waals surface area contributed by atoms with E-state index in [9.17, 15) is 0 Å². The van der Waals surface area contributed by atoms with Crippen LogP contribution in [0.25, 0.3) is 11.3 Å². The molecule has 0 aliphatic carbocycles. The second-order valence-corrected chi connectivity index (χ2v) is 8.78. The Labute approximate surface area is 163 Å². The minimum absolute atomic E-state index is 0.541.